The number of anilines is 1. The van der Waals surface area contributed by atoms with Crippen molar-refractivity contribution in [2.75, 3.05) is 24.5 Å². The summed E-state index contributed by atoms with van der Waals surface area (Å²) in [6.45, 7) is 5.61. The number of rotatable bonds is 6. The minimum absolute atomic E-state index is 0.422. The highest BCUT2D eigenvalue weighted by molar-refractivity contribution is 9.10. The molecule has 1 aromatic carbocycles. The van der Waals surface area contributed by atoms with Gasteiger partial charge in [0.1, 0.15) is 0 Å². The third-order valence-corrected chi connectivity index (χ3v) is 6.13. The van der Waals surface area contributed by atoms with E-state index in [1.54, 1.807) is 0 Å². The second-order valence-electron chi connectivity index (χ2n) is 5.53. The monoisotopic (exact) mass is 364 g/mol. The molecule has 0 saturated carbocycles. The van der Waals surface area contributed by atoms with Crippen molar-refractivity contribution in [3.8, 4) is 0 Å². The van der Waals surface area contributed by atoms with Crippen LogP contribution in [-0.4, -0.2) is 19.6 Å². The van der Waals surface area contributed by atoms with Crippen LogP contribution < -0.4 is 10.2 Å². The van der Waals surface area contributed by atoms with Crippen molar-refractivity contribution in [1.29, 1.82) is 0 Å². The Morgan fingerprint density at radius 2 is 2.19 bits per heavy atom. The number of fused-ring (bicyclic) bond motifs is 1. The largest absolute Gasteiger partial charge is 0.371 e. The average molecular weight is 365 g/mol. The van der Waals surface area contributed by atoms with Crippen LogP contribution in [0.2, 0.25) is 0 Å². The molecule has 2 aromatic rings. The number of para-hydroxylation sites is 1. The fourth-order valence-corrected chi connectivity index (χ4v) is 4.68. The molecule has 0 saturated heterocycles. The normalized spacial score (nSPS) is 15.2. The summed E-state index contributed by atoms with van der Waals surface area (Å²) in [6.07, 6.45) is 2.38. The summed E-state index contributed by atoms with van der Waals surface area (Å²) in [5, 5.41) is 5.77. The van der Waals surface area contributed by atoms with Gasteiger partial charge in [0.25, 0.3) is 0 Å². The number of thiophene rings is 1. The molecule has 2 nitrogen and oxygen atoms in total. The molecule has 0 spiro atoms. The molecular formula is C17H21BrN2S. The van der Waals surface area contributed by atoms with Gasteiger partial charge in [-0.2, -0.15) is 0 Å². The zero-order chi connectivity index (χ0) is 14.7. The third-order valence-electron chi connectivity index (χ3n) is 4.08. The lowest BCUT2D eigenvalue weighted by Crippen LogP contribution is -2.26. The number of hydrogen-bond donors (Lipinski definition) is 1. The molecule has 1 aromatic heterocycles. The Morgan fingerprint density at radius 1 is 1.33 bits per heavy atom. The van der Waals surface area contributed by atoms with E-state index in [4.69, 9.17) is 0 Å². The summed E-state index contributed by atoms with van der Waals surface area (Å²) in [5.41, 5.74) is 2.94. The van der Waals surface area contributed by atoms with E-state index in [1.807, 2.05) is 11.3 Å². The van der Waals surface area contributed by atoms with Crippen LogP contribution in [-0.2, 0) is 6.42 Å². The minimum Gasteiger partial charge on any atom is -0.371 e. The zero-order valence-electron chi connectivity index (χ0n) is 12.3. The second kappa shape index (κ2) is 6.95. The first kappa shape index (κ1) is 15.1. The molecule has 1 unspecified atom stereocenters. The van der Waals surface area contributed by atoms with Crippen LogP contribution in [0.25, 0.3) is 0 Å². The number of hydrogen-bond acceptors (Lipinski definition) is 3. The summed E-state index contributed by atoms with van der Waals surface area (Å²) in [6, 6.07) is 11.3. The highest BCUT2D eigenvalue weighted by atomic mass is 79.9. The lowest BCUT2D eigenvalue weighted by molar-refractivity contribution is 0.561. The Hall–Kier alpha value is -0.840. The minimum atomic E-state index is 0.422. The molecule has 1 aliphatic rings. The number of nitrogens with one attached hydrogen (secondary N) is 1. The third kappa shape index (κ3) is 3.50. The summed E-state index contributed by atoms with van der Waals surface area (Å²) in [4.78, 5) is 3.91. The van der Waals surface area contributed by atoms with Crippen LogP contribution in [0.4, 0.5) is 5.69 Å². The topological polar surface area (TPSA) is 15.3 Å². The van der Waals surface area contributed by atoms with Crippen molar-refractivity contribution < 1.29 is 0 Å². The predicted molar refractivity (Wildman–Crippen MR) is 95.4 cm³/mol. The van der Waals surface area contributed by atoms with Gasteiger partial charge in [-0.1, -0.05) is 18.2 Å². The molecule has 0 aliphatic carbocycles. The van der Waals surface area contributed by atoms with E-state index in [1.165, 1.54) is 40.0 Å². The van der Waals surface area contributed by atoms with Gasteiger partial charge in [0.2, 0.25) is 0 Å². The van der Waals surface area contributed by atoms with Gasteiger partial charge < -0.3 is 10.2 Å². The molecule has 2 heterocycles. The van der Waals surface area contributed by atoms with Gasteiger partial charge in [0.15, 0.2) is 0 Å². The van der Waals surface area contributed by atoms with Crippen LogP contribution in [0.3, 0.4) is 0 Å². The second-order valence-corrected chi connectivity index (χ2v) is 7.33. The average Bonchev–Trinajstić information content (AvgIpc) is 3.10. The first-order chi connectivity index (χ1) is 10.3. The molecule has 0 bridgehead atoms. The van der Waals surface area contributed by atoms with Gasteiger partial charge in [-0.05, 0) is 65.3 Å². The summed E-state index contributed by atoms with van der Waals surface area (Å²) >= 11 is 5.42. The van der Waals surface area contributed by atoms with Gasteiger partial charge in [-0.15, -0.1) is 11.3 Å². The molecule has 1 N–H and O–H groups in total. The summed E-state index contributed by atoms with van der Waals surface area (Å²) in [7, 11) is 0. The molecule has 4 heteroatoms. The van der Waals surface area contributed by atoms with Gasteiger partial charge in [-0.3, -0.25) is 0 Å². The van der Waals surface area contributed by atoms with E-state index in [-0.39, 0.29) is 0 Å². The van der Waals surface area contributed by atoms with Crippen molar-refractivity contribution in [1.82, 2.24) is 5.32 Å². The van der Waals surface area contributed by atoms with Gasteiger partial charge in [0, 0.05) is 34.2 Å². The molecule has 0 fully saturated rings. The lowest BCUT2D eigenvalue weighted by Gasteiger charge is -2.20. The van der Waals surface area contributed by atoms with Gasteiger partial charge >= 0.3 is 0 Å². The maximum absolute atomic E-state index is 3.63. The summed E-state index contributed by atoms with van der Waals surface area (Å²) < 4.78 is 1.22. The van der Waals surface area contributed by atoms with Crippen molar-refractivity contribution >= 4 is 33.0 Å². The zero-order valence-corrected chi connectivity index (χ0v) is 14.7. The van der Waals surface area contributed by atoms with Crippen molar-refractivity contribution in [3.05, 3.63) is 50.6 Å². The van der Waals surface area contributed by atoms with Crippen molar-refractivity contribution in [2.24, 2.45) is 0 Å². The van der Waals surface area contributed by atoms with E-state index < -0.39 is 0 Å². The highest BCUT2D eigenvalue weighted by Gasteiger charge is 2.17. The fourth-order valence-electron chi connectivity index (χ4n) is 2.93. The maximum atomic E-state index is 3.63. The van der Waals surface area contributed by atoms with Crippen LogP contribution in [0.5, 0.6) is 0 Å². The van der Waals surface area contributed by atoms with E-state index in [0.717, 1.165) is 13.1 Å². The molecule has 0 radical (unpaired) electrons. The molecule has 1 aliphatic heterocycles. The SMILES string of the molecule is CC(NCCCN1CCc2ccccc21)c1sccc1Br. The quantitative estimate of drug-likeness (QED) is 0.752. The van der Waals surface area contributed by atoms with Crippen molar-refractivity contribution in [2.45, 2.75) is 25.8 Å². The smallest absolute Gasteiger partial charge is 0.0399 e. The van der Waals surface area contributed by atoms with E-state index in [9.17, 15) is 0 Å². The Morgan fingerprint density at radius 3 is 3.00 bits per heavy atom. The Kier molecular flexibility index (Phi) is 4.99. The Balaban J connectivity index is 1.44. The fraction of sp³-hybridized carbons (Fsp3) is 0.412. The molecule has 1 atom stereocenters. The summed E-state index contributed by atoms with van der Waals surface area (Å²) in [5.74, 6) is 0. The number of halogens is 1. The van der Waals surface area contributed by atoms with Crippen LogP contribution in [0.1, 0.15) is 29.8 Å². The molecule has 21 heavy (non-hydrogen) atoms. The van der Waals surface area contributed by atoms with Crippen molar-refractivity contribution in [3.63, 3.8) is 0 Å². The Labute approximate surface area is 139 Å². The molecular weight excluding hydrogens is 344 g/mol. The first-order valence-corrected chi connectivity index (χ1v) is 9.22. The lowest BCUT2D eigenvalue weighted by atomic mass is 10.2. The van der Waals surface area contributed by atoms with E-state index in [2.05, 4.69) is 68.8 Å². The Bertz CT molecular complexity index is 596. The van der Waals surface area contributed by atoms with Crippen LogP contribution >= 0.6 is 27.3 Å². The highest BCUT2D eigenvalue weighted by Crippen LogP contribution is 2.29. The standard InChI is InChI=1S/C17H21BrN2S/c1-13(17-15(18)8-12-21-17)19-9-4-10-20-11-7-14-5-2-3-6-16(14)20/h2-3,5-6,8,12-13,19H,4,7,9-11H2,1H3. The first-order valence-electron chi connectivity index (χ1n) is 7.55. The maximum Gasteiger partial charge on any atom is 0.0399 e. The van der Waals surface area contributed by atoms with E-state index >= 15 is 0 Å². The molecule has 0 amide bonds. The van der Waals surface area contributed by atoms with Gasteiger partial charge in [0.05, 0.1) is 0 Å². The predicted octanol–water partition coefficient (Wildman–Crippen LogP) is 4.61. The number of nitrogens with zero attached hydrogens (tertiary/aromatic N) is 1. The van der Waals surface area contributed by atoms with E-state index in [0.29, 0.717) is 6.04 Å². The van der Waals surface area contributed by atoms with Crippen LogP contribution in [0, 0.1) is 0 Å². The molecule has 112 valence electrons. The number of benzene rings is 1. The molecule has 3 rings (SSSR count). The van der Waals surface area contributed by atoms with Gasteiger partial charge in [-0.25, -0.2) is 0 Å². The van der Waals surface area contributed by atoms with Crippen LogP contribution in [0.15, 0.2) is 40.2 Å².